The van der Waals surface area contributed by atoms with E-state index in [1.165, 1.54) is 24.1 Å². The van der Waals surface area contributed by atoms with Gasteiger partial charge in [-0.25, -0.2) is 0 Å². The molecule has 2 nitrogen and oxygen atoms in total. The fourth-order valence-corrected chi connectivity index (χ4v) is 1.52. The van der Waals surface area contributed by atoms with Gasteiger partial charge in [0.2, 0.25) is 0 Å². The molecule has 0 radical (unpaired) electrons. The first-order valence-electron chi connectivity index (χ1n) is 4.62. The summed E-state index contributed by atoms with van der Waals surface area (Å²) in [5, 5.41) is 3.43. The summed E-state index contributed by atoms with van der Waals surface area (Å²) in [5.41, 5.74) is 8.19. The maximum absolute atomic E-state index is 5.63. The van der Waals surface area contributed by atoms with Crippen molar-refractivity contribution in [1.82, 2.24) is 5.32 Å². The topological polar surface area (TPSA) is 38.0 Å². The van der Waals surface area contributed by atoms with E-state index in [0.29, 0.717) is 12.6 Å². The second-order valence-electron chi connectivity index (χ2n) is 3.28. The number of allylic oxidation sites excluding steroid dienone is 3. The van der Waals surface area contributed by atoms with E-state index in [-0.39, 0.29) is 0 Å². The van der Waals surface area contributed by atoms with Crippen LogP contribution in [0.2, 0.25) is 0 Å². The van der Waals surface area contributed by atoms with Crippen LogP contribution in [0.4, 0.5) is 0 Å². The number of nitrogens with one attached hydrogen (secondary N) is 1. The van der Waals surface area contributed by atoms with Gasteiger partial charge in [0, 0.05) is 18.3 Å². The third kappa shape index (κ3) is 2.11. The Morgan fingerprint density at radius 1 is 1.50 bits per heavy atom. The molecule has 68 valence electrons. The lowest BCUT2D eigenvalue weighted by Crippen LogP contribution is -2.34. The van der Waals surface area contributed by atoms with Crippen LogP contribution in [0.25, 0.3) is 0 Å². The van der Waals surface area contributed by atoms with Gasteiger partial charge >= 0.3 is 0 Å². The second kappa shape index (κ2) is 4.31. The van der Waals surface area contributed by atoms with E-state index < -0.39 is 0 Å². The van der Waals surface area contributed by atoms with Crippen LogP contribution in [0.5, 0.6) is 0 Å². The maximum Gasteiger partial charge on any atom is 0.0485 e. The van der Waals surface area contributed by atoms with Crippen LogP contribution in [0.1, 0.15) is 26.7 Å². The van der Waals surface area contributed by atoms with Crippen molar-refractivity contribution in [2.24, 2.45) is 5.73 Å². The molecule has 0 aromatic rings. The molecule has 1 aliphatic rings. The van der Waals surface area contributed by atoms with Crippen LogP contribution < -0.4 is 11.1 Å². The van der Waals surface area contributed by atoms with Gasteiger partial charge < -0.3 is 11.1 Å². The Morgan fingerprint density at radius 3 is 2.83 bits per heavy atom. The molecule has 1 rings (SSSR count). The average Bonchev–Trinajstić information content (AvgIpc) is 2.05. The first-order chi connectivity index (χ1) is 5.77. The minimum absolute atomic E-state index is 0.477. The Morgan fingerprint density at radius 2 is 2.25 bits per heavy atom. The van der Waals surface area contributed by atoms with Gasteiger partial charge in [0.25, 0.3) is 0 Å². The van der Waals surface area contributed by atoms with Gasteiger partial charge in [-0.1, -0.05) is 19.4 Å². The third-order valence-corrected chi connectivity index (χ3v) is 2.21. The lowest BCUT2D eigenvalue weighted by Gasteiger charge is -2.25. The molecule has 1 heterocycles. The van der Waals surface area contributed by atoms with Crippen LogP contribution in [-0.2, 0) is 0 Å². The minimum atomic E-state index is 0.477. The highest BCUT2D eigenvalue weighted by Crippen LogP contribution is 2.14. The molecule has 0 spiro atoms. The summed E-state index contributed by atoms with van der Waals surface area (Å²) in [6.07, 6.45) is 6.61. The SMILES string of the molecule is CCCC1NC(C)=CC=C1CN. The predicted molar refractivity (Wildman–Crippen MR) is 52.7 cm³/mol. The van der Waals surface area contributed by atoms with Crippen molar-refractivity contribution in [2.45, 2.75) is 32.7 Å². The van der Waals surface area contributed by atoms with Crippen LogP contribution in [0.15, 0.2) is 23.4 Å². The molecule has 0 amide bonds. The Bertz CT molecular complexity index is 204. The van der Waals surface area contributed by atoms with Crippen molar-refractivity contribution >= 4 is 0 Å². The molecule has 2 heteroatoms. The van der Waals surface area contributed by atoms with Crippen molar-refractivity contribution in [3.8, 4) is 0 Å². The zero-order chi connectivity index (χ0) is 8.97. The summed E-state index contributed by atoms with van der Waals surface area (Å²) in [6, 6.07) is 0.477. The fraction of sp³-hybridized carbons (Fsp3) is 0.600. The number of hydrogen-bond acceptors (Lipinski definition) is 2. The molecule has 0 aromatic heterocycles. The number of dihydropyridines is 1. The molecule has 0 aliphatic carbocycles. The zero-order valence-corrected chi connectivity index (χ0v) is 7.93. The molecule has 0 bridgehead atoms. The Labute approximate surface area is 74.5 Å². The first kappa shape index (κ1) is 9.33. The summed E-state index contributed by atoms with van der Waals surface area (Å²) in [7, 11) is 0. The second-order valence-corrected chi connectivity index (χ2v) is 3.28. The quantitative estimate of drug-likeness (QED) is 0.667. The summed E-state index contributed by atoms with van der Waals surface area (Å²) >= 11 is 0. The van der Waals surface area contributed by atoms with Crippen molar-refractivity contribution in [3.63, 3.8) is 0 Å². The van der Waals surface area contributed by atoms with Crippen LogP contribution in [0.3, 0.4) is 0 Å². The number of hydrogen-bond donors (Lipinski definition) is 2. The summed E-state index contributed by atoms with van der Waals surface area (Å²) in [6.45, 7) is 4.96. The Kier molecular flexibility index (Phi) is 3.35. The molecule has 0 aromatic carbocycles. The molecule has 1 aliphatic heterocycles. The molecule has 0 fully saturated rings. The largest absolute Gasteiger partial charge is 0.382 e. The van der Waals surface area contributed by atoms with Crippen molar-refractivity contribution in [2.75, 3.05) is 6.54 Å². The van der Waals surface area contributed by atoms with Gasteiger partial charge in [0.1, 0.15) is 0 Å². The molecular weight excluding hydrogens is 148 g/mol. The monoisotopic (exact) mass is 166 g/mol. The maximum atomic E-state index is 5.63. The van der Waals surface area contributed by atoms with E-state index in [1.807, 2.05) is 0 Å². The van der Waals surface area contributed by atoms with E-state index in [2.05, 4.69) is 31.3 Å². The zero-order valence-electron chi connectivity index (χ0n) is 7.93. The highest BCUT2D eigenvalue weighted by atomic mass is 14.9. The smallest absolute Gasteiger partial charge is 0.0485 e. The predicted octanol–water partition coefficient (Wildman–Crippen LogP) is 1.55. The molecular formula is C10H18N2. The van der Waals surface area contributed by atoms with E-state index in [0.717, 1.165) is 0 Å². The van der Waals surface area contributed by atoms with Crippen molar-refractivity contribution in [1.29, 1.82) is 0 Å². The van der Waals surface area contributed by atoms with Gasteiger partial charge in [0.05, 0.1) is 0 Å². The van der Waals surface area contributed by atoms with Crippen LogP contribution in [-0.4, -0.2) is 12.6 Å². The standard InChI is InChI=1S/C10H18N2/c1-3-4-10-9(7-11)6-5-8(2)12-10/h5-6,10,12H,3-4,7,11H2,1-2H3. The molecule has 12 heavy (non-hydrogen) atoms. The Balaban J connectivity index is 2.64. The van der Waals surface area contributed by atoms with Gasteiger partial charge in [0.15, 0.2) is 0 Å². The van der Waals surface area contributed by atoms with Crippen LogP contribution in [0, 0.1) is 0 Å². The Hall–Kier alpha value is -0.760. The summed E-state index contributed by atoms with van der Waals surface area (Å²) in [4.78, 5) is 0. The molecule has 1 atom stereocenters. The van der Waals surface area contributed by atoms with Crippen molar-refractivity contribution in [3.05, 3.63) is 23.4 Å². The van der Waals surface area contributed by atoms with E-state index in [1.54, 1.807) is 0 Å². The number of nitrogens with two attached hydrogens (primary N) is 1. The fourth-order valence-electron chi connectivity index (χ4n) is 1.52. The normalized spacial score (nSPS) is 22.8. The highest BCUT2D eigenvalue weighted by molar-refractivity contribution is 5.27. The average molecular weight is 166 g/mol. The van der Waals surface area contributed by atoms with Gasteiger partial charge in [-0.3, -0.25) is 0 Å². The summed E-state index contributed by atoms with van der Waals surface area (Å²) in [5.74, 6) is 0. The van der Waals surface area contributed by atoms with E-state index >= 15 is 0 Å². The molecule has 0 saturated heterocycles. The molecule has 3 N–H and O–H groups in total. The first-order valence-corrected chi connectivity index (χ1v) is 4.62. The van der Waals surface area contributed by atoms with Gasteiger partial charge in [-0.2, -0.15) is 0 Å². The lowest BCUT2D eigenvalue weighted by molar-refractivity contribution is 0.567. The van der Waals surface area contributed by atoms with E-state index in [4.69, 9.17) is 5.73 Å². The van der Waals surface area contributed by atoms with Gasteiger partial charge in [-0.05, 0) is 25.0 Å². The summed E-state index contributed by atoms with van der Waals surface area (Å²) < 4.78 is 0. The highest BCUT2D eigenvalue weighted by Gasteiger charge is 2.13. The number of rotatable bonds is 3. The van der Waals surface area contributed by atoms with E-state index in [9.17, 15) is 0 Å². The molecule has 1 unspecified atom stereocenters. The van der Waals surface area contributed by atoms with Crippen molar-refractivity contribution < 1.29 is 0 Å². The lowest BCUT2D eigenvalue weighted by atomic mass is 9.99. The minimum Gasteiger partial charge on any atom is -0.382 e. The van der Waals surface area contributed by atoms with Gasteiger partial charge in [-0.15, -0.1) is 0 Å². The third-order valence-electron chi connectivity index (χ3n) is 2.21. The molecule has 0 saturated carbocycles. The van der Waals surface area contributed by atoms with Crippen LogP contribution >= 0.6 is 0 Å².